The van der Waals surface area contributed by atoms with Gasteiger partial charge in [0.2, 0.25) is 0 Å². The van der Waals surface area contributed by atoms with Crippen LogP contribution in [0.1, 0.15) is 33.6 Å². The van der Waals surface area contributed by atoms with Crippen LogP contribution in [0, 0.1) is 6.92 Å². The zero-order valence-corrected chi connectivity index (χ0v) is 14.3. The number of hydrogen-bond donors (Lipinski definition) is 2. The van der Waals surface area contributed by atoms with Gasteiger partial charge >= 0.3 is 0 Å². The Morgan fingerprint density at radius 2 is 2.38 bits per heavy atom. The molecule has 0 spiro atoms. The number of pyridine rings is 1. The van der Waals surface area contributed by atoms with E-state index in [9.17, 15) is 4.79 Å². The number of morpholine rings is 1. The summed E-state index contributed by atoms with van der Waals surface area (Å²) in [6.07, 6.45) is 3.01. The topological polar surface area (TPSA) is 96.0 Å². The quantitative estimate of drug-likeness (QED) is 0.857. The molecule has 1 aliphatic heterocycles. The van der Waals surface area contributed by atoms with Crippen LogP contribution in [-0.2, 0) is 11.3 Å². The average molecular weight is 351 g/mol. The number of H-pyrrole nitrogens is 1. The third-order valence-electron chi connectivity index (χ3n) is 4.06. The van der Waals surface area contributed by atoms with Gasteiger partial charge in [0.1, 0.15) is 5.82 Å². The van der Waals surface area contributed by atoms with Crippen molar-refractivity contribution in [2.45, 2.75) is 19.5 Å². The van der Waals surface area contributed by atoms with Crippen LogP contribution >= 0.6 is 11.6 Å². The number of nitrogens with zero attached hydrogens (tertiary/aromatic N) is 4. The van der Waals surface area contributed by atoms with E-state index in [1.54, 1.807) is 6.92 Å². The van der Waals surface area contributed by atoms with E-state index in [0.29, 0.717) is 41.0 Å². The first-order valence-electron chi connectivity index (χ1n) is 7.63. The van der Waals surface area contributed by atoms with Crippen LogP contribution < -0.4 is 5.32 Å². The molecular formula is C15H19ClN6O2. The first-order valence-corrected chi connectivity index (χ1v) is 8.01. The van der Waals surface area contributed by atoms with Crippen molar-refractivity contribution in [2.75, 3.05) is 26.8 Å². The minimum Gasteiger partial charge on any atom is -0.378 e. The van der Waals surface area contributed by atoms with Crippen LogP contribution in [0.15, 0.2) is 12.4 Å². The molecule has 0 aromatic carbocycles. The second-order valence-corrected chi connectivity index (χ2v) is 6.10. The number of carbonyl (C=O) groups excluding carboxylic acids is 1. The molecule has 3 heterocycles. The molecule has 1 amide bonds. The Morgan fingerprint density at radius 3 is 3.17 bits per heavy atom. The molecule has 1 fully saturated rings. The molecular weight excluding hydrogens is 332 g/mol. The van der Waals surface area contributed by atoms with Crippen molar-refractivity contribution < 1.29 is 9.53 Å². The lowest BCUT2D eigenvalue weighted by Gasteiger charge is -2.30. The van der Waals surface area contributed by atoms with Gasteiger partial charge in [-0.15, -0.1) is 0 Å². The Kier molecular flexibility index (Phi) is 5.08. The molecule has 24 heavy (non-hydrogen) atoms. The number of carbonyl (C=O) groups is 1. The zero-order valence-electron chi connectivity index (χ0n) is 13.5. The van der Waals surface area contributed by atoms with E-state index in [1.807, 2.05) is 7.05 Å². The van der Waals surface area contributed by atoms with E-state index in [2.05, 4.69) is 30.4 Å². The second-order valence-electron chi connectivity index (χ2n) is 5.69. The molecule has 8 nitrogen and oxygen atoms in total. The minimum absolute atomic E-state index is 0.0267. The summed E-state index contributed by atoms with van der Waals surface area (Å²) in [7, 11) is 2.01. The SMILES string of the molecule is Cc1c(Cl)cncc1C(=O)NCc1nc(C2COCCN2C)n[nH]1. The number of hydrogen-bond acceptors (Lipinski definition) is 6. The van der Waals surface area contributed by atoms with Crippen LogP contribution in [0.2, 0.25) is 5.02 Å². The van der Waals surface area contributed by atoms with Crippen molar-refractivity contribution in [3.05, 3.63) is 40.2 Å². The maximum atomic E-state index is 12.3. The van der Waals surface area contributed by atoms with Crippen molar-refractivity contribution in [3.8, 4) is 0 Å². The number of halogens is 1. The largest absolute Gasteiger partial charge is 0.378 e. The summed E-state index contributed by atoms with van der Waals surface area (Å²) < 4.78 is 5.47. The number of ether oxygens (including phenoxy) is 1. The molecule has 9 heteroatoms. The molecule has 1 saturated heterocycles. The van der Waals surface area contributed by atoms with E-state index >= 15 is 0 Å². The summed E-state index contributed by atoms with van der Waals surface area (Å²) in [4.78, 5) is 22.8. The standard InChI is InChI=1S/C15H19ClN6O2/c1-9-10(5-17-6-11(9)16)15(23)18-7-13-19-14(21-20-13)12-8-24-4-3-22(12)2/h5-6,12H,3-4,7-8H2,1-2H3,(H,18,23)(H,19,20,21). The lowest BCUT2D eigenvalue weighted by Crippen LogP contribution is -2.37. The molecule has 2 aromatic heterocycles. The normalized spacial score (nSPS) is 18.5. The Hall–Kier alpha value is -2.03. The molecule has 0 saturated carbocycles. The summed E-state index contributed by atoms with van der Waals surface area (Å²) in [6.45, 7) is 4.15. The van der Waals surface area contributed by atoms with Crippen LogP contribution in [0.4, 0.5) is 0 Å². The summed E-state index contributed by atoms with van der Waals surface area (Å²) in [5.74, 6) is 1.01. The van der Waals surface area contributed by atoms with Gasteiger partial charge in [-0.1, -0.05) is 11.6 Å². The van der Waals surface area contributed by atoms with Gasteiger partial charge in [0.05, 0.1) is 36.4 Å². The van der Waals surface area contributed by atoms with Gasteiger partial charge in [0, 0.05) is 18.9 Å². The molecule has 0 bridgehead atoms. The van der Waals surface area contributed by atoms with Gasteiger partial charge in [-0.3, -0.25) is 19.8 Å². The first kappa shape index (κ1) is 16.8. The Labute approximate surface area is 144 Å². The number of aromatic amines is 1. The predicted octanol–water partition coefficient (Wildman–Crippen LogP) is 1.09. The zero-order chi connectivity index (χ0) is 17.1. The highest BCUT2D eigenvalue weighted by Crippen LogP contribution is 2.19. The number of nitrogens with one attached hydrogen (secondary N) is 2. The number of rotatable bonds is 4. The molecule has 128 valence electrons. The van der Waals surface area contributed by atoms with Crippen molar-refractivity contribution in [3.63, 3.8) is 0 Å². The van der Waals surface area contributed by atoms with Crippen molar-refractivity contribution in [1.82, 2.24) is 30.4 Å². The predicted molar refractivity (Wildman–Crippen MR) is 87.7 cm³/mol. The van der Waals surface area contributed by atoms with Crippen molar-refractivity contribution in [1.29, 1.82) is 0 Å². The monoisotopic (exact) mass is 350 g/mol. The summed E-state index contributed by atoms with van der Waals surface area (Å²) >= 11 is 5.99. The van der Waals surface area contributed by atoms with Gasteiger partial charge in [-0.25, -0.2) is 4.98 Å². The maximum absolute atomic E-state index is 12.3. The summed E-state index contributed by atoms with van der Waals surface area (Å²) in [5, 5.41) is 10.3. The highest BCUT2D eigenvalue weighted by molar-refractivity contribution is 6.31. The fraction of sp³-hybridized carbons (Fsp3) is 0.467. The lowest BCUT2D eigenvalue weighted by atomic mass is 10.1. The third-order valence-corrected chi connectivity index (χ3v) is 4.44. The molecule has 3 rings (SSSR count). The Morgan fingerprint density at radius 1 is 1.54 bits per heavy atom. The van der Waals surface area contributed by atoms with Gasteiger partial charge in [-0.05, 0) is 19.5 Å². The summed E-state index contributed by atoms with van der Waals surface area (Å²) in [5.41, 5.74) is 1.14. The number of likely N-dealkylation sites (N-methyl/N-ethyl adjacent to an activating group) is 1. The highest BCUT2D eigenvalue weighted by atomic mass is 35.5. The van der Waals surface area contributed by atoms with Crippen molar-refractivity contribution >= 4 is 17.5 Å². The van der Waals surface area contributed by atoms with Gasteiger partial charge < -0.3 is 10.1 Å². The number of amides is 1. The molecule has 0 aliphatic carbocycles. The molecule has 1 unspecified atom stereocenters. The molecule has 2 N–H and O–H groups in total. The van der Waals surface area contributed by atoms with E-state index in [4.69, 9.17) is 16.3 Å². The van der Waals surface area contributed by atoms with Crippen LogP contribution in [0.25, 0.3) is 0 Å². The van der Waals surface area contributed by atoms with E-state index in [1.165, 1.54) is 12.4 Å². The van der Waals surface area contributed by atoms with Crippen LogP contribution in [-0.4, -0.2) is 57.8 Å². The fourth-order valence-electron chi connectivity index (χ4n) is 2.48. The Balaban J connectivity index is 1.63. The minimum atomic E-state index is -0.251. The number of aromatic nitrogens is 4. The molecule has 1 aliphatic rings. The molecule has 2 aromatic rings. The van der Waals surface area contributed by atoms with Crippen LogP contribution in [0.5, 0.6) is 0 Å². The summed E-state index contributed by atoms with van der Waals surface area (Å²) in [6, 6.07) is 0.0267. The smallest absolute Gasteiger partial charge is 0.253 e. The second kappa shape index (κ2) is 7.25. The molecule has 1 atom stereocenters. The third kappa shape index (κ3) is 3.55. The van der Waals surface area contributed by atoms with Crippen LogP contribution in [0.3, 0.4) is 0 Å². The maximum Gasteiger partial charge on any atom is 0.253 e. The average Bonchev–Trinajstić information content (AvgIpc) is 3.04. The first-order chi connectivity index (χ1) is 11.6. The van der Waals surface area contributed by atoms with Crippen molar-refractivity contribution in [2.24, 2.45) is 0 Å². The molecule has 0 radical (unpaired) electrons. The van der Waals surface area contributed by atoms with E-state index in [0.717, 1.165) is 6.54 Å². The van der Waals surface area contributed by atoms with E-state index < -0.39 is 0 Å². The highest BCUT2D eigenvalue weighted by Gasteiger charge is 2.25. The fourth-order valence-corrected chi connectivity index (χ4v) is 2.64. The van der Waals surface area contributed by atoms with Gasteiger partial charge in [-0.2, -0.15) is 5.10 Å². The van der Waals surface area contributed by atoms with Gasteiger partial charge in [0.15, 0.2) is 5.82 Å². The van der Waals surface area contributed by atoms with E-state index in [-0.39, 0.29) is 18.5 Å². The Bertz CT molecular complexity index is 735. The lowest BCUT2D eigenvalue weighted by molar-refractivity contribution is 0.00193. The van der Waals surface area contributed by atoms with Gasteiger partial charge in [0.25, 0.3) is 5.91 Å².